The molecule has 1 rings (SSSR count). The minimum Gasteiger partial charge on any atom is -0.391 e. The summed E-state index contributed by atoms with van der Waals surface area (Å²) in [5.41, 5.74) is 0.688. The lowest BCUT2D eigenvalue weighted by Gasteiger charge is -2.29. The van der Waals surface area contributed by atoms with Crippen LogP contribution in [0.3, 0.4) is 0 Å². The standard InChI is InChI=1S/C13H20N2O2/c1-9(16)13(2,3)15-12(17)10-7-5-6-8-11(10)14-4/h5-9,14,16H,1-4H3,(H,15,17). The van der Waals surface area contributed by atoms with Crippen molar-refractivity contribution < 1.29 is 9.90 Å². The summed E-state index contributed by atoms with van der Waals surface area (Å²) in [6.07, 6.45) is -0.617. The van der Waals surface area contributed by atoms with Crippen LogP contribution in [-0.2, 0) is 0 Å². The smallest absolute Gasteiger partial charge is 0.253 e. The summed E-state index contributed by atoms with van der Waals surface area (Å²) in [5.74, 6) is -0.194. The molecule has 0 heterocycles. The second kappa shape index (κ2) is 5.19. The number of hydrogen-bond donors (Lipinski definition) is 3. The third-order valence-electron chi connectivity index (χ3n) is 2.92. The highest BCUT2D eigenvalue weighted by Gasteiger charge is 2.27. The fourth-order valence-electron chi connectivity index (χ4n) is 1.36. The van der Waals surface area contributed by atoms with Crippen LogP contribution in [0.4, 0.5) is 5.69 Å². The summed E-state index contributed by atoms with van der Waals surface area (Å²) in [6, 6.07) is 7.26. The van der Waals surface area contributed by atoms with E-state index in [1.54, 1.807) is 33.9 Å². The number of rotatable bonds is 4. The molecule has 1 aromatic rings. The molecule has 0 spiro atoms. The number of carbonyl (C=O) groups is 1. The highest BCUT2D eigenvalue weighted by atomic mass is 16.3. The molecule has 1 atom stereocenters. The average molecular weight is 236 g/mol. The molecule has 4 nitrogen and oxygen atoms in total. The van der Waals surface area contributed by atoms with Crippen molar-refractivity contribution >= 4 is 11.6 Å². The Morgan fingerprint density at radius 3 is 2.47 bits per heavy atom. The first kappa shape index (κ1) is 13.5. The maximum absolute atomic E-state index is 12.1. The minimum atomic E-state index is -0.655. The van der Waals surface area contributed by atoms with Crippen LogP contribution in [0.25, 0.3) is 0 Å². The van der Waals surface area contributed by atoms with E-state index < -0.39 is 11.6 Å². The number of aliphatic hydroxyl groups excluding tert-OH is 1. The number of amides is 1. The van der Waals surface area contributed by atoms with E-state index in [-0.39, 0.29) is 5.91 Å². The summed E-state index contributed by atoms with van der Waals surface area (Å²) in [7, 11) is 1.77. The Kier molecular flexibility index (Phi) is 4.12. The number of nitrogens with one attached hydrogen (secondary N) is 2. The minimum absolute atomic E-state index is 0.194. The van der Waals surface area contributed by atoms with Gasteiger partial charge in [0.2, 0.25) is 0 Å². The van der Waals surface area contributed by atoms with Crippen LogP contribution >= 0.6 is 0 Å². The molecule has 0 bridgehead atoms. The Bertz CT molecular complexity index is 400. The van der Waals surface area contributed by atoms with Crippen LogP contribution in [0, 0.1) is 0 Å². The average Bonchev–Trinajstić information content (AvgIpc) is 2.28. The monoisotopic (exact) mass is 236 g/mol. The van der Waals surface area contributed by atoms with Crippen molar-refractivity contribution in [1.82, 2.24) is 5.32 Å². The van der Waals surface area contributed by atoms with E-state index in [0.717, 1.165) is 5.69 Å². The van der Waals surface area contributed by atoms with Crippen LogP contribution in [0.1, 0.15) is 31.1 Å². The van der Waals surface area contributed by atoms with Gasteiger partial charge in [-0.1, -0.05) is 12.1 Å². The molecule has 1 amide bonds. The van der Waals surface area contributed by atoms with Gasteiger partial charge in [0.15, 0.2) is 0 Å². The predicted molar refractivity (Wildman–Crippen MR) is 69.2 cm³/mol. The number of para-hydroxylation sites is 1. The van der Waals surface area contributed by atoms with Crippen molar-refractivity contribution in [1.29, 1.82) is 0 Å². The Hall–Kier alpha value is -1.55. The van der Waals surface area contributed by atoms with Gasteiger partial charge in [0.25, 0.3) is 5.91 Å². The highest BCUT2D eigenvalue weighted by molar-refractivity contribution is 5.99. The van der Waals surface area contributed by atoms with E-state index in [0.29, 0.717) is 5.56 Å². The highest BCUT2D eigenvalue weighted by Crippen LogP contribution is 2.16. The SMILES string of the molecule is CNc1ccccc1C(=O)NC(C)(C)C(C)O. The third-order valence-corrected chi connectivity index (χ3v) is 2.92. The summed E-state index contributed by atoms with van der Waals surface area (Å²) in [4.78, 5) is 12.1. The molecule has 0 saturated carbocycles. The first-order valence-corrected chi connectivity index (χ1v) is 5.66. The zero-order valence-corrected chi connectivity index (χ0v) is 10.7. The first-order valence-electron chi connectivity index (χ1n) is 5.66. The fraction of sp³-hybridized carbons (Fsp3) is 0.462. The molecule has 1 aromatic carbocycles. The lowest BCUT2D eigenvalue weighted by molar-refractivity contribution is 0.0710. The molecule has 0 aliphatic carbocycles. The lowest BCUT2D eigenvalue weighted by atomic mass is 9.98. The van der Waals surface area contributed by atoms with Crippen LogP contribution in [0.2, 0.25) is 0 Å². The molecule has 1 unspecified atom stereocenters. The normalized spacial score (nSPS) is 13.0. The quantitative estimate of drug-likeness (QED) is 0.744. The third kappa shape index (κ3) is 3.20. The largest absolute Gasteiger partial charge is 0.391 e. The Morgan fingerprint density at radius 2 is 1.94 bits per heavy atom. The number of anilines is 1. The fourth-order valence-corrected chi connectivity index (χ4v) is 1.36. The molecule has 4 heteroatoms. The molecule has 0 saturated heterocycles. The predicted octanol–water partition coefficient (Wildman–Crippen LogP) is 1.62. The Morgan fingerprint density at radius 1 is 1.35 bits per heavy atom. The van der Waals surface area contributed by atoms with Gasteiger partial charge in [-0.15, -0.1) is 0 Å². The van der Waals surface area contributed by atoms with E-state index in [2.05, 4.69) is 10.6 Å². The molecule has 17 heavy (non-hydrogen) atoms. The maximum atomic E-state index is 12.1. The summed E-state index contributed by atoms with van der Waals surface area (Å²) in [5, 5.41) is 15.4. The molecule has 0 aromatic heterocycles. The zero-order chi connectivity index (χ0) is 13.1. The van der Waals surface area contributed by atoms with E-state index in [1.807, 2.05) is 18.2 Å². The van der Waals surface area contributed by atoms with E-state index in [9.17, 15) is 9.90 Å². The van der Waals surface area contributed by atoms with Crippen molar-refractivity contribution in [3.63, 3.8) is 0 Å². The van der Waals surface area contributed by atoms with Crippen LogP contribution in [-0.4, -0.2) is 29.7 Å². The molecular formula is C13H20N2O2. The van der Waals surface area contributed by atoms with Crippen molar-refractivity contribution in [2.45, 2.75) is 32.4 Å². The topological polar surface area (TPSA) is 61.4 Å². The van der Waals surface area contributed by atoms with Gasteiger partial charge >= 0.3 is 0 Å². The maximum Gasteiger partial charge on any atom is 0.253 e. The van der Waals surface area contributed by atoms with Gasteiger partial charge in [0, 0.05) is 12.7 Å². The van der Waals surface area contributed by atoms with E-state index >= 15 is 0 Å². The molecular weight excluding hydrogens is 216 g/mol. The molecule has 0 radical (unpaired) electrons. The van der Waals surface area contributed by atoms with Crippen molar-refractivity contribution in [3.8, 4) is 0 Å². The number of carbonyl (C=O) groups excluding carboxylic acids is 1. The van der Waals surface area contributed by atoms with Crippen LogP contribution in [0.5, 0.6) is 0 Å². The molecule has 94 valence electrons. The van der Waals surface area contributed by atoms with Crippen LogP contribution in [0.15, 0.2) is 24.3 Å². The van der Waals surface area contributed by atoms with Gasteiger partial charge in [-0.2, -0.15) is 0 Å². The van der Waals surface area contributed by atoms with Gasteiger partial charge in [-0.05, 0) is 32.9 Å². The Labute approximate surface area is 102 Å². The molecule has 0 aliphatic rings. The summed E-state index contributed by atoms with van der Waals surface area (Å²) in [6.45, 7) is 5.24. The molecule has 3 N–H and O–H groups in total. The van der Waals surface area contributed by atoms with Gasteiger partial charge in [0.05, 0.1) is 17.2 Å². The van der Waals surface area contributed by atoms with Gasteiger partial charge in [-0.3, -0.25) is 4.79 Å². The second-order valence-electron chi connectivity index (χ2n) is 4.65. The van der Waals surface area contributed by atoms with Crippen molar-refractivity contribution in [3.05, 3.63) is 29.8 Å². The number of benzene rings is 1. The van der Waals surface area contributed by atoms with E-state index in [4.69, 9.17) is 0 Å². The molecule has 0 aliphatic heterocycles. The number of aliphatic hydroxyl groups is 1. The Balaban J connectivity index is 2.91. The van der Waals surface area contributed by atoms with Crippen molar-refractivity contribution in [2.24, 2.45) is 0 Å². The molecule has 0 fully saturated rings. The lowest BCUT2D eigenvalue weighted by Crippen LogP contribution is -2.51. The second-order valence-corrected chi connectivity index (χ2v) is 4.65. The van der Waals surface area contributed by atoms with Gasteiger partial charge in [0.1, 0.15) is 0 Å². The van der Waals surface area contributed by atoms with E-state index in [1.165, 1.54) is 0 Å². The van der Waals surface area contributed by atoms with Crippen LogP contribution < -0.4 is 10.6 Å². The van der Waals surface area contributed by atoms with Crippen molar-refractivity contribution in [2.75, 3.05) is 12.4 Å². The zero-order valence-electron chi connectivity index (χ0n) is 10.7. The number of hydrogen-bond acceptors (Lipinski definition) is 3. The van der Waals surface area contributed by atoms with Gasteiger partial charge < -0.3 is 15.7 Å². The van der Waals surface area contributed by atoms with Gasteiger partial charge in [-0.25, -0.2) is 0 Å². The summed E-state index contributed by atoms with van der Waals surface area (Å²) < 4.78 is 0. The first-order chi connectivity index (χ1) is 7.88. The summed E-state index contributed by atoms with van der Waals surface area (Å²) >= 11 is 0.